The van der Waals surface area contributed by atoms with Crippen molar-refractivity contribution in [2.45, 2.75) is 40.0 Å². The van der Waals surface area contributed by atoms with Gasteiger partial charge in [0, 0.05) is 13.1 Å². The van der Waals surface area contributed by atoms with Crippen molar-refractivity contribution in [2.75, 3.05) is 19.7 Å². The van der Waals surface area contributed by atoms with Gasteiger partial charge in [0.2, 0.25) is 5.91 Å². The summed E-state index contributed by atoms with van der Waals surface area (Å²) in [5, 5.41) is 9.91. The van der Waals surface area contributed by atoms with Crippen LogP contribution in [0.3, 0.4) is 0 Å². The maximum Gasteiger partial charge on any atom is 0.340 e. The van der Waals surface area contributed by atoms with Crippen molar-refractivity contribution in [3.05, 3.63) is 51.4 Å². The van der Waals surface area contributed by atoms with Crippen LogP contribution in [0, 0.1) is 19.8 Å². The van der Waals surface area contributed by atoms with E-state index in [1.54, 1.807) is 13.0 Å². The van der Waals surface area contributed by atoms with Gasteiger partial charge in [-0.3, -0.25) is 9.59 Å². The van der Waals surface area contributed by atoms with Gasteiger partial charge in [-0.05, 0) is 62.4 Å². The molecule has 3 rings (SSSR count). The maximum atomic E-state index is 12.8. The molecule has 1 aliphatic heterocycles. The highest BCUT2D eigenvalue weighted by molar-refractivity contribution is 5.90. The number of piperidine rings is 1. The number of aryl methyl sites for hydroxylation is 2. The van der Waals surface area contributed by atoms with Gasteiger partial charge >= 0.3 is 11.6 Å². The minimum atomic E-state index is -0.899. The third-order valence-electron chi connectivity index (χ3n) is 5.41. The van der Waals surface area contributed by atoms with Gasteiger partial charge in [0.05, 0.1) is 23.3 Å². The molecular weight excluding hydrogens is 386 g/mol. The molecule has 1 N–H and O–H groups in total. The highest BCUT2D eigenvalue weighted by Crippen LogP contribution is 2.31. The first-order valence-corrected chi connectivity index (χ1v) is 10.0. The normalized spacial score (nSPS) is 16.5. The first kappa shape index (κ1) is 21.6. The number of rotatable bonds is 6. The smallest absolute Gasteiger partial charge is 0.340 e. The van der Waals surface area contributed by atoms with Crippen LogP contribution in [-0.4, -0.2) is 41.6 Å². The molecule has 2 aromatic rings. The van der Waals surface area contributed by atoms with Crippen molar-refractivity contribution in [2.24, 2.45) is 5.92 Å². The van der Waals surface area contributed by atoms with E-state index in [0.717, 1.165) is 11.1 Å². The van der Waals surface area contributed by atoms with E-state index in [4.69, 9.17) is 9.15 Å². The summed E-state index contributed by atoms with van der Waals surface area (Å²) in [7, 11) is 0. The van der Waals surface area contributed by atoms with Crippen molar-refractivity contribution in [3.63, 3.8) is 0 Å². The first-order valence-electron chi connectivity index (χ1n) is 10.0. The Hall–Kier alpha value is -3.09. The monoisotopic (exact) mass is 413 g/mol. The second-order valence-electron chi connectivity index (χ2n) is 8.07. The van der Waals surface area contributed by atoms with Crippen molar-refractivity contribution in [3.8, 4) is 5.75 Å². The number of carboxylic acids is 1. The molecule has 0 saturated carbocycles. The fourth-order valence-corrected chi connectivity index (χ4v) is 3.82. The fraction of sp³-hybridized carbons (Fsp3) is 0.435. The topological polar surface area (TPSA) is 97.0 Å². The van der Waals surface area contributed by atoms with E-state index in [1.165, 1.54) is 4.90 Å². The molecule has 1 aromatic carbocycles. The van der Waals surface area contributed by atoms with Crippen molar-refractivity contribution in [1.82, 2.24) is 4.90 Å². The zero-order valence-corrected chi connectivity index (χ0v) is 17.6. The molecule has 7 heteroatoms. The fourth-order valence-electron chi connectivity index (χ4n) is 3.82. The zero-order chi connectivity index (χ0) is 22.0. The third kappa shape index (κ3) is 4.56. The van der Waals surface area contributed by atoms with Crippen molar-refractivity contribution < 1.29 is 23.8 Å². The molecule has 0 bridgehead atoms. The average molecular weight is 413 g/mol. The van der Waals surface area contributed by atoms with Crippen LogP contribution >= 0.6 is 0 Å². The van der Waals surface area contributed by atoms with E-state index < -0.39 is 17.5 Å². The Balaban J connectivity index is 1.96. The first-order chi connectivity index (χ1) is 14.2. The number of ether oxygens (including phenoxy) is 1. The molecule has 1 unspecified atom stereocenters. The minimum absolute atomic E-state index is 0.135. The lowest BCUT2D eigenvalue weighted by Crippen LogP contribution is -2.43. The summed E-state index contributed by atoms with van der Waals surface area (Å²) in [4.78, 5) is 38.3. The number of fused-ring (bicyclic) bond motifs is 1. The molecule has 0 radical (unpaired) electrons. The summed E-state index contributed by atoms with van der Waals surface area (Å²) in [5.41, 5.74) is 2.50. The average Bonchev–Trinajstić information content (AvgIpc) is 2.68. The van der Waals surface area contributed by atoms with E-state index in [0.29, 0.717) is 48.3 Å². The number of nitrogens with zero attached hydrogens (tertiary/aromatic N) is 1. The van der Waals surface area contributed by atoms with Crippen LogP contribution < -0.4 is 10.4 Å². The summed E-state index contributed by atoms with van der Waals surface area (Å²) in [6.45, 7) is 10.4. The summed E-state index contributed by atoms with van der Waals surface area (Å²) >= 11 is 0. The van der Waals surface area contributed by atoms with Crippen LogP contribution in [0.1, 0.15) is 36.5 Å². The molecule has 0 spiro atoms. The molecule has 1 amide bonds. The summed E-state index contributed by atoms with van der Waals surface area (Å²) < 4.78 is 11.4. The van der Waals surface area contributed by atoms with Gasteiger partial charge in [0.25, 0.3) is 0 Å². The van der Waals surface area contributed by atoms with Gasteiger partial charge < -0.3 is 19.2 Å². The lowest BCUT2D eigenvalue weighted by Gasteiger charge is -2.30. The van der Waals surface area contributed by atoms with Crippen LogP contribution in [0.5, 0.6) is 5.75 Å². The second-order valence-corrected chi connectivity index (χ2v) is 8.07. The molecule has 0 aliphatic carbocycles. The van der Waals surface area contributed by atoms with E-state index >= 15 is 0 Å². The second kappa shape index (κ2) is 8.73. The lowest BCUT2D eigenvalue weighted by molar-refractivity contribution is -0.145. The molecule has 1 saturated heterocycles. The molecule has 160 valence electrons. The van der Waals surface area contributed by atoms with Crippen LogP contribution in [0.15, 0.2) is 33.5 Å². The third-order valence-corrected chi connectivity index (χ3v) is 5.41. The molecule has 1 aromatic heterocycles. The van der Waals surface area contributed by atoms with Crippen LogP contribution in [0.2, 0.25) is 0 Å². The van der Waals surface area contributed by atoms with Gasteiger partial charge in [-0.1, -0.05) is 6.58 Å². The molecular formula is C23H27NO6. The summed E-state index contributed by atoms with van der Waals surface area (Å²) in [6.07, 6.45) is 1.05. The Bertz CT molecular complexity index is 1070. The molecule has 7 nitrogen and oxygen atoms in total. The maximum absolute atomic E-state index is 12.8. The largest absolute Gasteiger partial charge is 0.488 e. The molecule has 2 heterocycles. The van der Waals surface area contributed by atoms with Crippen molar-refractivity contribution >= 4 is 22.8 Å². The number of benzene rings is 1. The minimum Gasteiger partial charge on any atom is -0.488 e. The van der Waals surface area contributed by atoms with Crippen LogP contribution in [0.4, 0.5) is 0 Å². The Morgan fingerprint density at radius 2 is 2.07 bits per heavy atom. The number of carboxylic acid groups (broad SMARTS) is 1. The van der Waals surface area contributed by atoms with E-state index in [2.05, 4.69) is 6.58 Å². The number of aliphatic carboxylic acids is 1. The lowest BCUT2D eigenvalue weighted by atomic mass is 9.97. The Morgan fingerprint density at radius 1 is 1.33 bits per heavy atom. The predicted molar refractivity (Wildman–Crippen MR) is 113 cm³/mol. The summed E-state index contributed by atoms with van der Waals surface area (Å²) in [6, 6.07) is 3.64. The number of carbonyl (C=O) groups excluding carboxylic acids is 1. The quantitative estimate of drug-likeness (QED) is 0.577. The van der Waals surface area contributed by atoms with Gasteiger partial charge in [-0.15, -0.1) is 0 Å². The van der Waals surface area contributed by atoms with Gasteiger partial charge in [-0.25, -0.2) is 4.79 Å². The Morgan fingerprint density at radius 3 is 2.73 bits per heavy atom. The van der Waals surface area contributed by atoms with E-state index in [1.807, 2.05) is 19.9 Å². The zero-order valence-electron chi connectivity index (χ0n) is 17.6. The van der Waals surface area contributed by atoms with E-state index in [9.17, 15) is 19.5 Å². The van der Waals surface area contributed by atoms with Gasteiger partial charge in [0.15, 0.2) is 0 Å². The van der Waals surface area contributed by atoms with Crippen LogP contribution in [0.25, 0.3) is 11.0 Å². The number of likely N-dealkylation sites (tertiary alicyclic amines) is 1. The number of hydrogen-bond acceptors (Lipinski definition) is 5. The van der Waals surface area contributed by atoms with Gasteiger partial charge in [0.1, 0.15) is 17.9 Å². The van der Waals surface area contributed by atoms with E-state index in [-0.39, 0.29) is 24.4 Å². The molecule has 1 aliphatic rings. The molecule has 1 fully saturated rings. The predicted octanol–water partition coefficient (Wildman–Crippen LogP) is 3.23. The number of hydrogen-bond donors (Lipinski definition) is 1. The molecule has 1 atom stereocenters. The highest BCUT2D eigenvalue weighted by atomic mass is 16.5. The molecule has 30 heavy (non-hydrogen) atoms. The van der Waals surface area contributed by atoms with Crippen molar-refractivity contribution in [1.29, 1.82) is 0 Å². The summed E-state index contributed by atoms with van der Waals surface area (Å²) in [5.74, 6) is -1.16. The highest BCUT2D eigenvalue weighted by Gasteiger charge is 2.29. The van der Waals surface area contributed by atoms with Crippen LogP contribution in [-0.2, 0) is 16.0 Å². The standard InChI is InChI=1S/C23H27NO6/c1-13(2)12-29-18-8-14(3)9-19-21(18)15(4)17(23(28)30-19)10-20(25)24-7-5-6-16(11-24)22(26)27/h8-9,16H,1,5-7,10-12H2,2-4H3,(H,26,27). The SMILES string of the molecule is C=C(C)COc1cc(C)cc2oc(=O)c(CC(=O)N3CCCC(C(=O)O)C3)c(C)c12. The Labute approximate surface area is 174 Å². The number of carbonyl (C=O) groups is 2. The number of amides is 1. The Kier molecular flexibility index (Phi) is 6.29. The van der Waals surface area contributed by atoms with Gasteiger partial charge in [-0.2, -0.15) is 0 Å².